The molecule has 1 aliphatic heterocycles. The molecule has 0 amide bonds. The third kappa shape index (κ3) is 2.97. The molecule has 5 atom stereocenters. The van der Waals surface area contributed by atoms with Crippen molar-refractivity contribution in [2.45, 2.75) is 37.8 Å². The van der Waals surface area contributed by atoms with Gasteiger partial charge in [-0.05, 0) is 31.2 Å². The van der Waals surface area contributed by atoms with E-state index in [-0.39, 0.29) is 5.78 Å². The van der Waals surface area contributed by atoms with Crippen molar-refractivity contribution in [2.75, 3.05) is 5.32 Å². The lowest BCUT2D eigenvalue weighted by atomic mass is 10.0. The van der Waals surface area contributed by atoms with Crippen LogP contribution in [0.25, 0.3) is 0 Å². The maximum atomic E-state index is 11.1. The van der Waals surface area contributed by atoms with Gasteiger partial charge in [-0.15, -0.1) is 0 Å². The highest BCUT2D eigenvalue weighted by Gasteiger charge is 2.42. The van der Waals surface area contributed by atoms with E-state index in [1.807, 2.05) is 0 Å². The van der Waals surface area contributed by atoms with E-state index in [2.05, 4.69) is 5.32 Å². The zero-order valence-corrected chi connectivity index (χ0v) is 10.8. The van der Waals surface area contributed by atoms with Gasteiger partial charge in [0.2, 0.25) is 0 Å². The lowest BCUT2D eigenvalue weighted by Gasteiger charge is -2.38. The molecule has 1 aromatic rings. The number of anilines is 1. The van der Waals surface area contributed by atoms with Crippen molar-refractivity contribution in [3.05, 3.63) is 29.8 Å². The lowest BCUT2D eigenvalue weighted by molar-refractivity contribution is -0.275. The molecule has 1 fully saturated rings. The molecule has 0 radical (unpaired) electrons. The van der Waals surface area contributed by atoms with E-state index in [1.165, 1.54) is 6.92 Å². The number of aliphatic hydroxyl groups is 4. The van der Waals surface area contributed by atoms with Gasteiger partial charge in [0.25, 0.3) is 0 Å². The number of carbonyl (C=O) groups is 1. The SMILES string of the molecule is CC(=O)c1ccc(N[C@@H]2O[C@@H](O)[C@@H](O)[C@@H](O)[C@H]2O)cc1. The van der Waals surface area contributed by atoms with E-state index in [4.69, 9.17) is 4.74 Å². The second-order valence-electron chi connectivity index (χ2n) is 4.70. The summed E-state index contributed by atoms with van der Waals surface area (Å²) in [5, 5.41) is 40.8. The van der Waals surface area contributed by atoms with E-state index in [9.17, 15) is 25.2 Å². The van der Waals surface area contributed by atoms with Crippen LogP contribution in [0.15, 0.2) is 24.3 Å². The van der Waals surface area contributed by atoms with Crippen LogP contribution in [0.1, 0.15) is 17.3 Å². The third-order valence-electron chi connectivity index (χ3n) is 3.19. The second-order valence-corrected chi connectivity index (χ2v) is 4.70. The van der Waals surface area contributed by atoms with Gasteiger partial charge in [0.05, 0.1) is 0 Å². The highest BCUT2D eigenvalue weighted by Crippen LogP contribution is 2.22. The molecule has 7 heteroatoms. The molecule has 1 aromatic carbocycles. The molecule has 0 bridgehead atoms. The van der Waals surface area contributed by atoms with Gasteiger partial charge in [-0.2, -0.15) is 0 Å². The van der Waals surface area contributed by atoms with Crippen LogP contribution in [0.4, 0.5) is 5.69 Å². The van der Waals surface area contributed by atoms with Crippen LogP contribution < -0.4 is 5.32 Å². The van der Waals surface area contributed by atoms with Crippen LogP contribution in [0.2, 0.25) is 0 Å². The highest BCUT2D eigenvalue weighted by atomic mass is 16.6. The number of ketones is 1. The summed E-state index contributed by atoms with van der Waals surface area (Å²) in [6, 6.07) is 6.41. The van der Waals surface area contributed by atoms with E-state index >= 15 is 0 Å². The molecule has 1 saturated heterocycles. The summed E-state index contributed by atoms with van der Waals surface area (Å²) in [5.41, 5.74) is 1.07. The van der Waals surface area contributed by atoms with Gasteiger partial charge in [0, 0.05) is 11.3 Å². The third-order valence-corrected chi connectivity index (χ3v) is 3.19. The Hall–Kier alpha value is -1.51. The highest BCUT2D eigenvalue weighted by molar-refractivity contribution is 5.94. The van der Waals surface area contributed by atoms with Crippen LogP contribution in [-0.2, 0) is 4.74 Å². The zero-order valence-electron chi connectivity index (χ0n) is 10.8. The number of aliphatic hydroxyl groups excluding tert-OH is 4. The summed E-state index contributed by atoms with van der Waals surface area (Å²) in [6.45, 7) is 1.45. The van der Waals surface area contributed by atoms with Gasteiger partial charge in [-0.25, -0.2) is 0 Å². The monoisotopic (exact) mass is 283 g/mol. The zero-order chi connectivity index (χ0) is 14.9. The Kier molecular flexibility index (Phi) is 4.36. The molecule has 0 aliphatic carbocycles. The number of Topliss-reactive ketones (excluding diaryl/α,β-unsaturated/α-hetero) is 1. The van der Waals surface area contributed by atoms with Gasteiger partial charge >= 0.3 is 0 Å². The summed E-state index contributed by atoms with van der Waals surface area (Å²) in [4.78, 5) is 11.1. The van der Waals surface area contributed by atoms with Crippen molar-refractivity contribution in [3.63, 3.8) is 0 Å². The van der Waals surface area contributed by atoms with Crippen LogP contribution in [0.5, 0.6) is 0 Å². The van der Waals surface area contributed by atoms with E-state index in [1.54, 1.807) is 24.3 Å². The first kappa shape index (κ1) is 14.9. The first-order chi connectivity index (χ1) is 9.40. The summed E-state index contributed by atoms with van der Waals surface area (Å²) in [6.07, 6.45) is -7.16. The van der Waals surface area contributed by atoms with Gasteiger partial charge < -0.3 is 30.5 Å². The summed E-state index contributed by atoms with van der Waals surface area (Å²) in [5.74, 6) is -0.0699. The Balaban J connectivity index is 2.07. The topological polar surface area (TPSA) is 119 Å². The van der Waals surface area contributed by atoms with Crippen LogP contribution in [0.3, 0.4) is 0 Å². The van der Waals surface area contributed by atoms with E-state index in [0.29, 0.717) is 11.3 Å². The number of hydrogen-bond acceptors (Lipinski definition) is 7. The largest absolute Gasteiger partial charge is 0.387 e. The number of hydrogen-bond donors (Lipinski definition) is 5. The van der Waals surface area contributed by atoms with Crippen molar-refractivity contribution in [1.29, 1.82) is 0 Å². The summed E-state index contributed by atoms with van der Waals surface area (Å²) >= 11 is 0. The Bertz CT molecular complexity index is 476. The van der Waals surface area contributed by atoms with E-state index in [0.717, 1.165) is 0 Å². The minimum absolute atomic E-state index is 0.0699. The number of nitrogens with one attached hydrogen (secondary N) is 1. The normalized spacial score (nSPS) is 33.8. The summed E-state index contributed by atoms with van der Waals surface area (Å²) in [7, 11) is 0. The van der Waals surface area contributed by atoms with E-state index < -0.39 is 30.8 Å². The van der Waals surface area contributed by atoms with Crippen LogP contribution in [-0.4, -0.2) is 57.0 Å². The molecule has 7 nitrogen and oxygen atoms in total. The number of benzene rings is 1. The first-order valence-electron chi connectivity index (χ1n) is 6.15. The van der Waals surface area contributed by atoms with Gasteiger partial charge in [0.1, 0.15) is 18.3 Å². The molecule has 1 aliphatic rings. The van der Waals surface area contributed by atoms with Crippen molar-refractivity contribution >= 4 is 11.5 Å². The molecule has 0 spiro atoms. The number of rotatable bonds is 3. The maximum Gasteiger partial charge on any atom is 0.186 e. The minimum Gasteiger partial charge on any atom is -0.387 e. The molecule has 110 valence electrons. The van der Waals surface area contributed by atoms with Crippen molar-refractivity contribution < 1.29 is 30.0 Å². The molecule has 2 rings (SSSR count). The minimum atomic E-state index is -1.60. The molecular formula is C13H17NO6. The Morgan fingerprint density at radius 2 is 1.65 bits per heavy atom. The molecular weight excluding hydrogens is 266 g/mol. The van der Waals surface area contributed by atoms with Crippen LogP contribution in [0, 0.1) is 0 Å². The summed E-state index contributed by atoms with van der Waals surface area (Å²) < 4.78 is 4.98. The molecule has 1 heterocycles. The number of carbonyl (C=O) groups excluding carboxylic acids is 1. The standard InChI is InChI=1S/C13H17NO6/c1-6(15)7-2-4-8(5-3-7)14-12-10(17)9(16)11(18)13(19)20-12/h2-5,9-14,16-19H,1H3/t9-,10+,11-,12+,13+/m0/s1. The maximum absolute atomic E-state index is 11.1. The van der Waals surface area contributed by atoms with Crippen LogP contribution >= 0.6 is 0 Å². The first-order valence-corrected chi connectivity index (χ1v) is 6.15. The van der Waals surface area contributed by atoms with Crippen molar-refractivity contribution in [3.8, 4) is 0 Å². The fourth-order valence-electron chi connectivity index (χ4n) is 1.95. The predicted molar refractivity (Wildman–Crippen MR) is 69.0 cm³/mol. The lowest BCUT2D eigenvalue weighted by Crippen LogP contribution is -2.59. The average molecular weight is 283 g/mol. The molecule has 20 heavy (non-hydrogen) atoms. The molecule has 0 unspecified atom stereocenters. The predicted octanol–water partition coefficient (Wildman–Crippen LogP) is -0.942. The molecule has 5 N–H and O–H groups in total. The molecule has 0 aromatic heterocycles. The van der Waals surface area contributed by atoms with Crippen molar-refractivity contribution in [1.82, 2.24) is 0 Å². The fourth-order valence-corrected chi connectivity index (χ4v) is 1.95. The van der Waals surface area contributed by atoms with Gasteiger partial charge in [0.15, 0.2) is 18.3 Å². The average Bonchev–Trinajstić information content (AvgIpc) is 2.43. The van der Waals surface area contributed by atoms with Gasteiger partial charge in [-0.3, -0.25) is 4.79 Å². The Labute approximate surface area is 115 Å². The Morgan fingerprint density at radius 1 is 1.05 bits per heavy atom. The number of ether oxygens (including phenoxy) is 1. The Morgan fingerprint density at radius 3 is 2.20 bits per heavy atom. The quantitative estimate of drug-likeness (QED) is 0.454. The van der Waals surface area contributed by atoms with Gasteiger partial charge in [-0.1, -0.05) is 0 Å². The smallest absolute Gasteiger partial charge is 0.186 e. The van der Waals surface area contributed by atoms with Crippen molar-refractivity contribution in [2.24, 2.45) is 0 Å². The second kappa shape index (κ2) is 5.86. The fraction of sp³-hybridized carbons (Fsp3) is 0.462. The molecule has 0 saturated carbocycles.